The molecule has 0 radical (unpaired) electrons. The normalized spacial score (nSPS) is 27.9. The summed E-state index contributed by atoms with van der Waals surface area (Å²) in [6.07, 6.45) is 6.00. The zero-order valence-electron chi connectivity index (χ0n) is 16.6. The van der Waals surface area contributed by atoms with Crippen molar-refractivity contribution in [2.45, 2.75) is 63.7 Å². The molecule has 1 aromatic rings. The fourth-order valence-electron chi connectivity index (χ4n) is 5.01. The van der Waals surface area contributed by atoms with Gasteiger partial charge in [0, 0.05) is 44.2 Å². The van der Waals surface area contributed by atoms with Gasteiger partial charge in [0.25, 0.3) is 5.91 Å². The summed E-state index contributed by atoms with van der Waals surface area (Å²) in [6, 6.07) is 5.76. The minimum Gasteiger partial charge on any atom is -0.322 e. The lowest BCUT2D eigenvalue weighted by Gasteiger charge is -2.30. The van der Waals surface area contributed by atoms with Gasteiger partial charge in [0.1, 0.15) is 6.04 Å². The smallest absolute Gasteiger partial charge is 0.255 e. The minimum atomic E-state index is -0.561. The van der Waals surface area contributed by atoms with Crippen LogP contribution in [0.3, 0.4) is 0 Å². The molecule has 7 nitrogen and oxygen atoms in total. The van der Waals surface area contributed by atoms with E-state index in [0.29, 0.717) is 36.5 Å². The van der Waals surface area contributed by atoms with Crippen LogP contribution in [0.1, 0.15) is 60.0 Å². The second-order valence-electron chi connectivity index (χ2n) is 9.09. The molecule has 1 spiro atoms. The number of nitrogens with zero attached hydrogens (tertiary/aromatic N) is 1. The summed E-state index contributed by atoms with van der Waals surface area (Å²) in [5.41, 5.74) is 3.42. The van der Waals surface area contributed by atoms with Crippen LogP contribution in [-0.2, 0) is 22.7 Å². The second kappa shape index (κ2) is 7.22. The second-order valence-corrected chi connectivity index (χ2v) is 9.09. The van der Waals surface area contributed by atoms with E-state index in [1.54, 1.807) is 4.90 Å². The summed E-state index contributed by atoms with van der Waals surface area (Å²) in [5.74, 6) is -0.733. The van der Waals surface area contributed by atoms with Gasteiger partial charge in [-0.2, -0.15) is 0 Å². The first-order valence-electron chi connectivity index (χ1n) is 10.7. The first-order valence-corrected chi connectivity index (χ1v) is 10.7. The van der Waals surface area contributed by atoms with Crippen LogP contribution in [-0.4, -0.2) is 47.8 Å². The Balaban J connectivity index is 1.21. The molecule has 3 amide bonds. The fourth-order valence-corrected chi connectivity index (χ4v) is 5.01. The van der Waals surface area contributed by atoms with Gasteiger partial charge in [-0.25, -0.2) is 0 Å². The van der Waals surface area contributed by atoms with E-state index in [1.807, 2.05) is 12.1 Å². The van der Waals surface area contributed by atoms with Gasteiger partial charge in [-0.15, -0.1) is 0 Å². The highest BCUT2D eigenvalue weighted by Gasteiger charge is 2.44. The highest BCUT2D eigenvalue weighted by molar-refractivity contribution is 6.05. The van der Waals surface area contributed by atoms with Crippen LogP contribution < -0.4 is 16.0 Å². The standard InChI is InChI=1S/C22H28N4O3/c27-19-5-4-18(20(28)25-19)26-12-17-14(2-1-3-16(17)21(26)29)10-23-11-15-6-7-22(8-9-22)13-24-15/h1-3,15,18,23-24H,4-13H2,(H,25,27,28). The Morgan fingerprint density at radius 2 is 2.00 bits per heavy atom. The van der Waals surface area contributed by atoms with Gasteiger partial charge in [0.2, 0.25) is 11.8 Å². The van der Waals surface area contributed by atoms with Crippen LogP contribution in [0.25, 0.3) is 0 Å². The summed E-state index contributed by atoms with van der Waals surface area (Å²) in [4.78, 5) is 38.2. The van der Waals surface area contributed by atoms with E-state index < -0.39 is 6.04 Å². The average molecular weight is 396 g/mol. The van der Waals surface area contributed by atoms with Gasteiger partial charge in [0.15, 0.2) is 0 Å². The number of hydrogen-bond donors (Lipinski definition) is 3. The summed E-state index contributed by atoms with van der Waals surface area (Å²) < 4.78 is 0. The number of imide groups is 1. The molecule has 1 aliphatic carbocycles. The molecule has 1 saturated carbocycles. The first-order chi connectivity index (χ1) is 14.0. The number of hydrogen-bond acceptors (Lipinski definition) is 5. The number of carbonyl (C=O) groups is 3. The zero-order valence-corrected chi connectivity index (χ0v) is 16.6. The molecule has 7 heteroatoms. The van der Waals surface area contributed by atoms with Gasteiger partial charge in [-0.1, -0.05) is 12.1 Å². The van der Waals surface area contributed by atoms with E-state index in [2.05, 4.69) is 22.0 Å². The maximum Gasteiger partial charge on any atom is 0.255 e. The summed E-state index contributed by atoms with van der Waals surface area (Å²) in [7, 11) is 0. The summed E-state index contributed by atoms with van der Waals surface area (Å²) >= 11 is 0. The molecule has 0 bridgehead atoms. The number of piperidine rings is 2. The summed E-state index contributed by atoms with van der Waals surface area (Å²) in [6.45, 7) is 3.21. The number of benzene rings is 1. The van der Waals surface area contributed by atoms with Crippen molar-refractivity contribution < 1.29 is 14.4 Å². The number of amides is 3. The third kappa shape index (κ3) is 3.57. The molecule has 1 aromatic carbocycles. The summed E-state index contributed by atoms with van der Waals surface area (Å²) in [5, 5.41) is 9.59. The van der Waals surface area contributed by atoms with E-state index in [9.17, 15) is 14.4 Å². The Morgan fingerprint density at radius 3 is 2.72 bits per heavy atom. The third-order valence-electron chi connectivity index (χ3n) is 7.13. The topological polar surface area (TPSA) is 90.5 Å². The molecule has 5 rings (SSSR count). The molecule has 0 aromatic heterocycles. The molecule has 2 saturated heterocycles. The molecular formula is C22H28N4O3. The highest BCUT2D eigenvalue weighted by atomic mass is 16.2. The van der Waals surface area contributed by atoms with Crippen molar-refractivity contribution in [3.05, 3.63) is 34.9 Å². The first kappa shape index (κ1) is 18.8. The lowest BCUT2D eigenvalue weighted by Crippen LogP contribution is -2.52. The molecular weight excluding hydrogens is 368 g/mol. The molecule has 29 heavy (non-hydrogen) atoms. The van der Waals surface area contributed by atoms with Gasteiger partial charge in [-0.3, -0.25) is 19.7 Å². The highest BCUT2D eigenvalue weighted by Crippen LogP contribution is 2.50. The Hall–Kier alpha value is -2.25. The molecule has 2 atom stereocenters. The third-order valence-corrected chi connectivity index (χ3v) is 7.13. The van der Waals surface area contributed by atoms with E-state index in [0.717, 1.165) is 24.2 Å². The van der Waals surface area contributed by atoms with Crippen LogP contribution >= 0.6 is 0 Å². The lowest BCUT2D eigenvalue weighted by molar-refractivity contribution is -0.136. The predicted molar refractivity (Wildman–Crippen MR) is 107 cm³/mol. The van der Waals surface area contributed by atoms with E-state index in [-0.39, 0.29) is 24.1 Å². The fraction of sp³-hybridized carbons (Fsp3) is 0.591. The van der Waals surface area contributed by atoms with Crippen molar-refractivity contribution in [3.8, 4) is 0 Å². The molecule has 154 valence electrons. The van der Waals surface area contributed by atoms with Crippen LogP contribution in [0.5, 0.6) is 0 Å². The molecule has 3 heterocycles. The molecule has 4 aliphatic rings. The molecule has 3 fully saturated rings. The monoisotopic (exact) mass is 396 g/mol. The number of carbonyl (C=O) groups excluding carboxylic acids is 3. The lowest BCUT2D eigenvalue weighted by atomic mass is 9.92. The molecule has 3 aliphatic heterocycles. The van der Waals surface area contributed by atoms with Crippen LogP contribution in [0.15, 0.2) is 18.2 Å². The van der Waals surface area contributed by atoms with Gasteiger partial charge in [-0.05, 0) is 54.7 Å². The van der Waals surface area contributed by atoms with Gasteiger partial charge >= 0.3 is 0 Å². The van der Waals surface area contributed by atoms with Crippen LogP contribution in [0, 0.1) is 5.41 Å². The van der Waals surface area contributed by atoms with Crippen molar-refractivity contribution in [3.63, 3.8) is 0 Å². The average Bonchev–Trinajstić information content (AvgIpc) is 3.39. The van der Waals surface area contributed by atoms with Gasteiger partial charge in [0.05, 0.1) is 0 Å². The number of rotatable bonds is 5. The largest absolute Gasteiger partial charge is 0.322 e. The molecule has 3 N–H and O–H groups in total. The Morgan fingerprint density at radius 1 is 1.14 bits per heavy atom. The Bertz CT molecular complexity index is 854. The minimum absolute atomic E-state index is 0.111. The van der Waals surface area contributed by atoms with Crippen molar-refractivity contribution in [1.82, 2.24) is 20.9 Å². The zero-order chi connectivity index (χ0) is 20.0. The van der Waals surface area contributed by atoms with Crippen molar-refractivity contribution >= 4 is 17.7 Å². The Kier molecular flexibility index (Phi) is 4.67. The Labute approximate surface area is 170 Å². The van der Waals surface area contributed by atoms with Crippen molar-refractivity contribution in [1.29, 1.82) is 0 Å². The number of fused-ring (bicyclic) bond motifs is 1. The maximum atomic E-state index is 12.9. The van der Waals surface area contributed by atoms with Crippen LogP contribution in [0.2, 0.25) is 0 Å². The van der Waals surface area contributed by atoms with E-state index in [4.69, 9.17) is 0 Å². The SMILES string of the molecule is O=C1CCC(N2Cc3c(CNCC4CCC5(CC5)CN4)cccc3C2=O)C(=O)N1. The number of nitrogens with one attached hydrogen (secondary N) is 3. The molecule has 2 unspecified atom stereocenters. The van der Waals surface area contributed by atoms with E-state index in [1.165, 1.54) is 25.7 Å². The maximum absolute atomic E-state index is 12.9. The van der Waals surface area contributed by atoms with Crippen molar-refractivity contribution in [2.24, 2.45) is 5.41 Å². The van der Waals surface area contributed by atoms with E-state index >= 15 is 0 Å². The predicted octanol–water partition coefficient (Wildman–Crippen LogP) is 1.07. The van der Waals surface area contributed by atoms with Crippen molar-refractivity contribution in [2.75, 3.05) is 13.1 Å². The van der Waals surface area contributed by atoms with Crippen LogP contribution in [0.4, 0.5) is 0 Å². The quantitative estimate of drug-likeness (QED) is 0.648. The van der Waals surface area contributed by atoms with Gasteiger partial charge < -0.3 is 15.5 Å².